The Morgan fingerprint density at radius 3 is 2.24 bits per heavy atom. The number of amides is 7. The second-order valence-electron chi connectivity index (χ2n) is 12.4. The largest absolute Gasteiger partial charge is 0.508 e. The zero-order chi connectivity index (χ0) is 37.2. The molecule has 0 radical (unpaired) electrons. The highest BCUT2D eigenvalue weighted by Gasteiger charge is 2.45. The van der Waals surface area contributed by atoms with Gasteiger partial charge in [0.15, 0.2) is 0 Å². The Labute approximate surface area is 293 Å². The van der Waals surface area contributed by atoms with Crippen LogP contribution >= 0.6 is 0 Å². The standard InChI is InChI=1S/C33H43N9O9/c1-18(38-27(45)15-36-31(49)20-6-8-21(40-35)9-7-20)30(48)37-16-28(46)42-17-23(44)14-26(42)33(51)41-12-2-3-25(41)32(50)39-24(29(34)47)13-19-4-10-22(43)11-5-19/h4-11,18,23-26,40,43-44H,2-3,12-17,35H2,1H3,(H2,34,47)(H,36,49)(H,37,48)(H,38,45)(H,39,50)/t18?,23-,24?,25?,26?/m0/s1. The second kappa shape index (κ2) is 17.3. The number of phenolic OH excluding ortho intramolecular Hbond substituents is 1. The molecule has 0 aromatic heterocycles. The predicted octanol–water partition coefficient (Wildman–Crippen LogP) is -2.81. The van der Waals surface area contributed by atoms with Gasteiger partial charge >= 0.3 is 0 Å². The number of benzene rings is 2. The number of nitrogens with zero attached hydrogens (tertiary/aromatic N) is 2. The van der Waals surface area contributed by atoms with Crippen LogP contribution in [0.15, 0.2) is 48.5 Å². The Morgan fingerprint density at radius 1 is 0.902 bits per heavy atom. The first-order valence-corrected chi connectivity index (χ1v) is 16.3. The molecule has 4 rings (SSSR count). The molecule has 2 aliphatic rings. The van der Waals surface area contributed by atoms with Gasteiger partial charge in [0.2, 0.25) is 35.4 Å². The Morgan fingerprint density at radius 2 is 1.59 bits per heavy atom. The molecule has 274 valence electrons. The zero-order valence-electron chi connectivity index (χ0n) is 28.0. The first-order chi connectivity index (χ1) is 24.3. The summed E-state index contributed by atoms with van der Waals surface area (Å²) in [6, 6.07) is 8.01. The summed E-state index contributed by atoms with van der Waals surface area (Å²) in [6.45, 7) is 0.456. The molecule has 0 bridgehead atoms. The van der Waals surface area contributed by atoms with Crippen molar-refractivity contribution in [2.75, 3.05) is 31.6 Å². The van der Waals surface area contributed by atoms with Crippen LogP contribution in [0, 0.1) is 0 Å². The van der Waals surface area contributed by atoms with Gasteiger partial charge in [0, 0.05) is 37.2 Å². The molecule has 2 aromatic rings. The van der Waals surface area contributed by atoms with Crippen LogP contribution in [0.25, 0.3) is 0 Å². The maximum atomic E-state index is 13.7. The Bertz CT molecular complexity index is 1620. The van der Waals surface area contributed by atoms with Crippen LogP contribution in [0.2, 0.25) is 0 Å². The monoisotopic (exact) mass is 709 g/mol. The first kappa shape index (κ1) is 38.1. The number of carbonyl (C=O) groups is 7. The van der Waals surface area contributed by atoms with E-state index in [4.69, 9.17) is 11.6 Å². The van der Waals surface area contributed by atoms with Crippen LogP contribution in [0.3, 0.4) is 0 Å². The highest BCUT2D eigenvalue weighted by molar-refractivity contribution is 5.98. The van der Waals surface area contributed by atoms with Crippen LogP contribution in [-0.2, 0) is 35.2 Å². The topological polar surface area (TPSA) is 279 Å². The molecule has 7 amide bonds. The van der Waals surface area contributed by atoms with Gasteiger partial charge in [-0.25, -0.2) is 0 Å². The number of β-amino-alcohol motifs (C(OH)–C–C–N with tert-alkyl or cyclic N) is 1. The quantitative estimate of drug-likeness (QED) is 0.0713. The molecule has 2 saturated heterocycles. The fourth-order valence-corrected chi connectivity index (χ4v) is 5.93. The van der Waals surface area contributed by atoms with E-state index in [0.29, 0.717) is 24.1 Å². The van der Waals surface area contributed by atoms with E-state index in [1.165, 1.54) is 36.1 Å². The van der Waals surface area contributed by atoms with Crippen molar-refractivity contribution in [2.45, 2.75) is 62.9 Å². The van der Waals surface area contributed by atoms with Crippen molar-refractivity contribution >= 4 is 47.0 Å². The molecular weight excluding hydrogens is 666 g/mol. The molecule has 0 saturated carbocycles. The van der Waals surface area contributed by atoms with Gasteiger partial charge in [0.25, 0.3) is 5.91 Å². The number of nitrogens with two attached hydrogens (primary N) is 2. The number of hydrogen-bond acceptors (Lipinski definition) is 11. The van der Waals surface area contributed by atoms with Crippen molar-refractivity contribution in [1.29, 1.82) is 0 Å². The maximum absolute atomic E-state index is 13.7. The van der Waals surface area contributed by atoms with Crippen LogP contribution in [-0.4, -0.2) is 118 Å². The van der Waals surface area contributed by atoms with Crippen molar-refractivity contribution in [2.24, 2.45) is 11.6 Å². The second-order valence-corrected chi connectivity index (χ2v) is 12.4. The van der Waals surface area contributed by atoms with E-state index >= 15 is 0 Å². The Kier molecular flexibility index (Phi) is 12.9. The molecule has 11 N–H and O–H groups in total. The first-order valence-electron chi connectivity index (χ1n) is 16.3. The van der Waals surface area contributed by atoms with E-state index in [-0.39, 0.29) is 37.2 Å². The van der Waals surface area contributed by atoms with Crippen LogP contribution in [0.1, 0.15) is 42.1 Å². The van der Waals surface area contributed by atoms with Gasteiger partial charge < -0.3 is 52.4 Å². The molecular formula is C33H43N9O9. The summed E-state index contributed by atoms with van der Waals surface area (Å²) in [6.07, 6.45) is -0.265. The molecule has 2 fully saturated rings. The minimum atomic E-state index is -1.11. The minimum Gasteiger partial charge on any atom is -0.508 e. The number of anilines is 1. The maximum Gasteiger partial charge on any atom is 0.251 e. The lowest BCUT2D eigenvalue weighted by Crippen LogP contribution is -2.56. The lowest BCUT2D eigenvalue weighted by molar-refractivity contribution is -0.146. The number of aliphatic hydroxyl groups excluding tert-OH is 1. The van der Waals surface area contributed by atoms with E-state index in [2.05, 4.69) is 26.7 Å². The Balaban J connectivity index is 1.27. The van der Waals surface area contributed by atoms with Crippen molar-refractivity contribution < 1.29 is 43.8 Å². The van der Waals surface area contributed by atoms with Crippen LogP contribution in [0.4, 0.5) is 5.69 Å². The van der Waals surface area contributed by atoms with E-state index in [0.717, 1.165) is 4.90 Å². The van der Waals surface area contributed by atoms with Crippen molar-refractivity contribution in [3.8, 4) is 5.75 Å². The van der Waals surface area contributed by atoms with Crippen molar-refractivity contribution in [3.05, 3.63) is 59.7 Å². The van der Waals surface area contributed by atoms with Crippen molar-refractivity contribution in [3.63, 3.8) is 0 Å². The molecule has 2 heterocycles. The fourth-order valence-electron chi connectivity index (χ4n) is 5.93. The van der Waals surface area contributed by atoms with Gasteiger partial charge in [-0.05, 0) is 61.7 Å². The highest BCUT2D eigenvalue weighted by Crippen LogP contribution is 2.26. The third-order valence-corrected chi connectivity index (χ3v) is 8.67. The van der Waals surface area contributed by atoms with Gasteiger partial charge in [-0.1, -0.05) is 12.1 Å². The number of hydrazine groups is 1. The van der Waals surface area contributed by atoms with Gasteiger partial charge in [0.05, 0.1) is 19.2 Å². The molecule has 0 aliphatic carbocycles. The molecule has 51 heavy (non-hydrogen) atoms. The molecule has 18 heteroatoms. The normalized spacial score (nSPS) is 19.4. The van der Waals surface area contributed by atoms with Crippen LogP contribution in [0.5, 0.6) is 5.75 Å². The summed E-state index contributed by atoms with van der Waals surface area (Å²) >= 11 is 0. The lowest BCUT2D eigenvalue weighted by atomic mass is 10.0. The van der Waals surface area contributed by atoms with Crippen molar-refractivity contribution in [1.82, 2.24) is 31.1 Å². The average molecular weight is 710 g/mol. The Hall–Kier alpha value is -5.75. The van der Waals surface area contributed by atoms with Gasteiger partial charge in [-0.15, -0.1) is 0 Å². The number of phenols is 1. The SMILES string of the molecule is CC(NC(=O)CNC(=O)c1ccc(NN)cc1)C(=O)NCC(=O)N1C[C@@H](O)CC1C(=O)N1CCCC1C(=O)NC(Cc1ccc(O)cc1)C(N)=O. The minimum absolute atomic E-state index is 0.0352. The summed E-state index contributed by atoms with van der Waals surface area (Å²) < 4.78 is 0. The molecule has 0 spiro atoms. The number of rotatable bonds is 14. The number of nitrogens with one attached hydrogen (secondary N) is 5. The van der Waals surface area contributed by atoms with Gasteiger partial charge in [-0.3, -0.25) is 39.4 Å². The average Bonchev–Trinajstić information content (AvgIpc) is 3.77. The van der Waals surface area contributed by atoms with E-state index in [9.17, 15) is 43.8 Å². The molecule has 5 atom stereocenters. The van der Waals surface area contributed by atoms with Gasteiger partial charge in [0.1, 0.15) is 29.9 Å². The number of primary amides is 1. The predicted molar refractivity (Wildman–Crippen MR) is 181 cm³/mol. The number of carbonyl (C=O) groups excluding carboxylic acids is 7. The number of hydrogen-bond donors (Lipinski definition) is 9. The third kappa shape index (κ3) is 10.1. The lowest BCUT2D eigenvalue weighted by Gasteiger charge is -2.31. The summed E-state index contributed by atoms with van der Waals surface area (Å²) in [7, 11) is 0. The molecule has 2 aromatic carbocycles. The zero-order valence-corrected chi connectivity index (χ0v) is 28.0. The molecule has 18 nitrogen and oxygen atoms in total. The number of aliphatic hydroxyl groups is 1. The number of likely N-dealkylation sites (tertiary alicyclic amines) is 2. The van der Waals surface area contributed by atoms with E-state index < -0.39 is 84.7 Å². The third-order valence-electron chi connectivity index (χ3n) is 8.67. The summed E-state index contributed by atoms with van der Waals surface area (Å²) in [5.41, 5.74) is 9.49. The summed E-state index contributed by atoms with van der Waals surface area (Å²) in [5.74, 6) is 0.854. The number of aromatic hydroxyl groups is 1. The molecule has 2 aliphatic heterocycles. The van der Waals surface area contributed by atoms with E-state index in [1.54, 1.807) is 24.3 Å². The van der Waals surface area contributed by atoms with E-state index in [1.807, 2.05) is 0 Å². The summed E-state index contributed by atoms with van der Waals surface area (Å²) in [4.78, 5) is 92.1. The van der Waals surface area contributed by atoms with Gasteiger partial charge in [-0.2, -0.15) is 0 Å². The number of nitrogen functional groups attached to an aromatic ring is 1. The fraction of sp³-hybridized carbons (Fsp3) is 0.424. The smallest absolute Gasteiger partial charge is 0.251 e. The molecule has 4 unspecified atom stereocenters. The summed E-state index contributed by atoms with van der Waals surface area (Å²) in [5, 5.41) is 29.8. The highest BCUT2D eigenvalue weighted by atomic mass is 16.3. The van der Waals surface area contributed by atoms with Crippen LogP contribution < -0.4 is 38.3 Å².